The van der Waals surface area contributed by atoms with Crippen LogP contribution in [0.3, 0.4) is 0 Å². The predicted octanol–water partition coefficient (Wildman–Crippen LogP) is 4.37. The van der Waals surface area contributed by atoms with E-state index in [9.17, 15) is 13.2 Å². The number of ether oxygens (including phenoxy) is 1. The highest BCUT2D eigenvalue weighted by Gasteiger charge is 2.19. The smallest absolute Gasteiger partial charge is 0.331 e. The number of carbonyl (C=O) groups excluding carboxylic acids is 1. The Kier molecular flexibility index (Phi) is 7.06. The van der Waals surface area contributed by atoms with Gasteiger partial charge in [-0.3, -0.25) is 0 Å². The predicted molar refractivity (Wildman–Crippen MR) is 122 cm³/mol. The van der Waals surface area contributed by atoms with Gasteiger partial charge in [-0.25, -0.2) is 22.5 Å². The summed E-state index contributed by atoms with van der Waals surface area (Å²) >= 11 is 12.0. The summed E-state index contributed by atoms with van der Waals surface area (Å²) in [4.78, 5) is 16.8. The van der Waals surface area contributed by atoms with Crippen LogP contribution in [0.4, 0.5) is 0 Å². The quantitative estimate of drug-likeness (QED) is 0.369. The summed E-state index contributed by atoms with van der Waals surface area (Å²) in [5.74, 6) is -0.0419. The van der Waals surface area contributed by atoms with Crippen LogP contribution in [0, 0.1) is 0 Å². The van der Waals surface area contributed by atoms with Crippen molar-refractivity contribution in [3.05, 3.63) is 63.9 Å². The molecule has 0 aliphatic heterocycles. The number of aromatic nitrogens is 2. The van der Waals surface area contributed by atoms with E-state index in [2.05, 4.69) is 4.98 Å². The number of esters is 1. The van der Waals surface area contributed by atoms with Crippen LogP contribution in [-0.2, 0) is 32.7 Å². The van der Waals surface area contributed by atoms with Crippen LogP contribution in [0.1, 0.15) is 18.3 Å². The monoisotopic (exact) mass is 481 g/mol. The number of aryl methyl sites for hydroxylation is 1. The molecular weight excluding hydrogens is 461 g/mol. The maximum atomic E-state index is 12.4. The fourth-order valence-electron chi connectivity index (χ4n) is 2.97. The molecule has 0 N–H and O–H groups in total. The molecule has 0 spiro atoms. The Morgan fingerprint density at radius 3 is 2.58 bits per heavy atom. The second-order valence-corrected chi connectivity index (χ2v) is 9.81. The van der Waals surface area contributed by atoms with Crippen molar-refractivity contribution in [3.8, 4) is 0 Å². The second-order valence-electron chi connectivity index (χ2n) is 6.82. The lowest BCUT2D eigenvalue weighted by Gasteiger charge is -2.11. The lowest BCUT2D eigenvalue weighted by molar-refractivity contribution is -0.139. The van der Waals surface area contributed by atoms with Crippen molar-refractivity contribution in [2.75, 3.05) is 14.1 Å². The summed E-state index contributed by atoms with van der Waals surface area (Å²) in [5.41, 5.74) is 1.91. The molecule has 0 aliphatic carbocycles. The first-order valence-corrected chi connectivity index (χ1v) is 11.5. The van der Waals surface area contributed by atoms with Crippen molar-refractivity contribution >= 4 is 56.3 Å². The molecule has 7 nitrogen and oxygen atoms in total. The largest absolute Gasteiger partial charge is 0.454 e. The zero-order valence-corrected chi connectivity index (χ0v) is 19.5. The van der Waals surface area contributed by atoms with E-state index in [0.29, 0.717) is 33.5 Å². The van der Waals surface area contributed by atoms with Gasteiger partial charge in [-0.2, -0.15) is 0 Å². The molecule has 0 bridgehead atoms. The zero-order valence-electron chi connectivity index (χ0n) is 17.2. The van der Waals surface area contributed by atoms with Crippen molar-refractivity contribution in [3.63, 3.8) is 0 Å². The molecule has 3 rings (SSSR count). The molecular formula is C21H21Cl2N3O4S. The molecule has 0 amide bonds. The molecule has 0 fully saturated rings. The summed E-state index contributed by atoms with van der Waals surface area (Å²) < 4.78 is 33.1. The molecule has 0 atom stereocenters. The van der Waals surface area contributed by atoms with E-state index in [1.165, 1.54) is 26.2 Å². The molecule has 164 valence electrons. The Labute approximate surface area is 190 Å². The van der Waals surface area contributed by atoms with Gasteiger partial charge in [0.25, 0.3) is 0 Å². The van der Waals surface area contributed by atoms with E-state index >= 15 is 0 Å². The zero-order chi connectivity index (χ0) is 22.8. The van der Waals surface area contributed by atoms with E-state index in [-0.39, 0.29) is 11.5 Å². The maximum Gasteiger partial charge on any atom is 0.331 e. The number of halogens is 2. The molecule has 2 aromatic carbocycles. The summed E-state index contributed by atoms with van der Waals surface area (Å²) in [6, 6.07) is 9.72. The third-order valence-electron chi connectivity index (χ3n) is 4.60. The number of nitrogens with zero attached hydrogens (tertiary/aromatic N) is 3. The van der Waals surface area contributed by atoms with Crippen LogP contribution in [0.25, 0.3) is 17.1 Å². The number of benzene rings is 2. The van der Waals surface area contributed by atoms with E-state index in [0.717, 1.165) is 9.82 Å². The molecule has 0 aliphatic rings. The molecule has 31 heavy (non-hydrogen) atoms. The average molecular weight is 482 g/mol. The highest BCUT2D eigenvalue weighted by molar-refractivity contribution is 7.89. The van der Waals surface area contributed by atoms with Crippen LogP contribution in [-0.4, -0.2) is 42.3 Å². The highest BCUT2D eigenvalue weighted by Crippen LogP contribution is 2.23. The topological polar surface area (TPSA) is 81.5 Å². The van der Waals surface area contributed by atoms with Crippen molar-refractivity contribution in [2.45, 2.75) is 25.0 Å². The van der Waals surface area contributed by atoms with Crippen molar-refractivity contribution in [1.82, 2.24) is 13.9 Å². The first-order valence-electron chi connectivity index (χ1n) is 9.35. The number of carbonyl (C=O) groups is 1. The maximum absolute atomic E-state index is 12.4. The lowest BCUT2D eigenvalue weighted by Crippen LogP contribution is -2.22. The fourth-order valence-corrected chi connectivity index (χ4v) is 4.37. The molecule has 0 saturated carbocycles. The van der Waals surface area contributed by atoms with E-state index < -0.39 is 16.0 Å². The van der Waals surface area contributed by atoms with Crippen LogP contribution in [0.15, 0.2) is 47.4 Å². The Hall–Kier alpha value is -2.39. The van der Waals surface area contributed by atoms with Gasteiger partial charge in [-0.05, 0) is 48.9 Å². The Morgan fingerprint density at radius 1 is 1.19 bits per heavy atom. The van der Waals surface area contributed by atoms with Gasteiger partial charge in [0.05, 0.1) is 15.9 Å². The highest BCUT2D eigenvalue weighted by atomic mass is 35.5. The fraction of sp³-hybridized carbons (Fsp3) is 0.238. The first kappa shape index (κ1) is 23.3. The van der Waals surface area contributed by atoms with Gasteiger partial charge in [-0.15, -0.1) is 0 Å². The van der Waals surface area contributed by atoms with Gasteiger partial charge in [0, 0.05) is 36.8 Å². The number of hydrogen-bond donors (Lipinski definition) is 0. The van der Waals surface area contributed by atoms with Gasteiger partial charge < -0.3 is 9.30 Å². The van der Waals surface area contributed by atoms with Gasteiger partial charge in [0.1, 0.15) is 12.4 Å². The minimum atomic E-state index is -3.57. The van der Waals surface area contributed by atoms with Crippen molar-refractivity contribution < 1.29 is 17.9 Å². The lowest BCUT2D eigenvalue weighted by atomic mass is 10.2. The summed E-state index contributed by atoms with van der Waals surface area (Å²) in [5, 5.41) is 0.928. The Bertz CT molecular complexity index is 1270. The van der Waals surface area contributed by atoms with Crippen LogP contribution in [0.2, 0.25) is 10.0 Å². The van der Waals surface area contributed by atoms with Gasteiger partial charge >= 0.3 is 5.97 Å². The SMILES string of the molecule is CCn1c(COC(=O)/C=C/c2ccc(Cl)cc2Cl)nc2cc(S(=O)(=O)N(C)C)ccc21. The van der Waals surface area contributed by atoms with Crippen molar-refractivity contribution in [2.24, 2.45) is 0 Å². The number of sulfonamides is 1. The third kappa shape index (κ3) is 5.10. The van der Waals surface area contributed by atoms with E-state index in [1.54, 1.807) is 36.4 Å². The number of rotatable bonds is 7. The van der Waals surface area contributed by atoms with Gasteiger partial charge in [-0.1, -0.05) is 29.3 Å². The molecule has 1 heterocycles. The van der Waals surface area contributed by atoms with E-state index in [1.807, 2.05) is 11.5 Å². The molecule has 10 heteroatoms. The molecule has 3 aromatic rings. The molecule has 0 unspecified atom stereocenters. The number of imidazole rings is 1. The minimum absolute atomic E-state index is 0.0597. The van der Waals surface area contributed by atoms with Gasteiger partial charge in [0.2, 0.25) is 10.0 Å². The number of fused-ring (bicyclic) bond motifs is 1. The average Bonchev–Trinajstić information content (AvgIpc) is 3.08. The standard InChI is InChI=1S/C21H21Cl2N3O4S/c1-4-26-19-9-8-16(31(28,29)25(2)3)12-18(19)24-20(26)13-30-21(27)10-6-14-5-7-15(22)11-17(14)23/h5-12H,4,13H2,1-3H3/b10-6+. The summed E-state index contributed by atoms with van der Waals surface area (Å²) in [7, 11) is -0.630. The normalized spacial score (nSPS) is 12.2. The molecule has 0 radical (unpaired) electrons. The molecule has 1 aromatic heterocycles. The van der Waals surface area contributed by atoms with E-state index in [4.69, 9.17) is 27.9 Å². The first-order chi connectivity index (χ1) is 14.6. The van der Waals surface area contributed by atoms with Crippen LogP contribution >= 0.6 is 23.2 Å². The third-order valence-corrected chi connectivity index (χ3v) is 6.97. The molecule has 0 saturated heterocycles. The number of hydrogen-bond acceptors (Lipinski definition) is 5. The minimum Gasteiger partial charge on any atom is -0.454 e. The van der Waals surface area contributed by atoms with Crippen LogP contribution < -0.4 is 0 Å². The van der Waals surface area contributed by atoms with Gasteiger partial charge in [0.15, 0.2) is 0 Å². The summed E-state index contributed by atoms with van der Waals surface area (Å²) in [6.07, 6.45) is 2.82. The Balaban J connectivity index is 1.79. The van der Waals surface area contributed by atoms with Crippen molar-refractivity contribution in [1.29, 1.82) is 0 Å². The Morgan fingerprint density at radius 2 is 1.94 bits per heavy atom. The summed E-state index contributed by atoms with van der Waals surface area (Å²) in [6.45, 7) is 2.45. The van der Waals surface area contributed by atoms with Crippen LogP contribution in [0.5, 0.6) is 0 Å². The second kappa shape index (κ2) is 9.40.